The molecule has 2 rings (SSSR count). The zero-order valence-electron chi connectivity index (χ0n) is 14.8. The van der Waals surface area contributed by atoms with Crippen molar-refractivity contribution in [3.8, 4) is 0 Å². The van der Waals surface area contributed by atoms with Gasteiger partial charge in [-0.2, -0.15) is 8.42 Å². The summed E-state index contributed by atoms with van der Waals surface area (Å²) in [5, 5.41) is 10.7. The number of nitrogens with zero attached hydrogens (tertiary/aromatic N) is 1. The second kappa shape index (κ2) is 8.74. The number of rotatable bonds is 8. The lowest BCUT2D eigenvalue weighted by atomic mass is 10.1. The number of benzene rings is 2. The maximum Gasteiger partial charge on any atom is 0.302 e. The SMILES string of the molecule is CC(=O)OC(COS(=O)(=O)c1ccc(C)cc1)Cc1ccc([N+](=O)[O-])cc1. The molecule has 2 aromatic carbocycles. The van der Waals surface area contributed by atoms with Crippen molar-refractivity contribution in [3.63, 3.8) is 0 Å². The van der Waals surface area contributed by atoms with Gasteiger partial charge in [0.25, 0.3) is 15.8 Å². The van der Waals surface area contributed by atoms with Crippen LogP contribution in [0.4, 0.5) is 5.69 Å². The lowest BCUT2D eigenvalue weighted by molar-refractivity contribution is -0.384. The molecule has 1 atom stereocenters. The summed E-state index contributed by atoms with van der Waals surface area (Å²) in [5.41, 5.74) is 1.48. The molecular formula is C18H19NO7S. The Kier molecular flexibility index (Phi) is 6.65. The van der Waals surface area contributed by atoms with Gasteiger partial charge in [-0.05, 0) is 24.6 Å². The van der Waals surface area contributed by atoms with Gasteiger partial charge in [0.1, 0.15) is 12.7 Å². The highest BCUT2D eigenvalue weighted by atomic mass is 32.2. The molecule has 8 nitrogen and oxygen atoms in total. The summed E-state index contributed by atoms with van der Waals surface area (Å²) in [7, 11) is -4.00. The van der Waals surface area contributed by atoms with E-state index in [0.29, 0.717) is 5.56 Å². The van der Waals surface area contributed by atoms with Crippen molar-refractivity contribution in [2.45, 2.75) is 31.3 Å². The number of aryl methyl sites for hydroxylation is 1. The van der Waals surface area contributed by atoms with E-state index in [0.717, 1.165) is 5.56 Å². The molecule has 0 spiro atoms. The molecular weight excluding hydrogens is 374 g/mol. The van der Waals surface area contributed by atoms with E-state index in [2.05, 4.69) is 0 Å². The number of carbonyl (C=O) groups is 1. The van der Waals surface area contributed by atoms with Gasteiger partial charge in [0, 0.05) is 25.5 Å². The molecule has 0 aliphatic rings. The number of non-ortho nitro benzene ring substituents is 1. The van der Waals surface area contributed by atoms with E-state index in [4.69, 9.17) is 8.92 Å². The standard InChI is InChI=1S/C18H19NO7S/c1-13-3-9-18(10-4-13)27(23,24)25-12-17(26-14(2)20)11-15-5-7-16(8-6-15)19(21)22/h3-10,17H,11-12H2,1-2H3. The first-order valence-corrected chi connectivity index (χ1v) is 9.45. The van der Waals surface area contributed by atoms with E-state index >= 15 is 0 Å². The van der Waals surface area contributed by atoms with E-state index in [1.165, 1.54) is 43.3 Å². The van der Waals surface area contributed by atoms with E-state index in [1.54, 1.807) is 12.1 Å². The van der Waals surface area contributed by atoms with Crippen LogP contribution in [0.15, 0.2) is 53.4 Å². The van der Waals surface area contributed by atoms with Gasteiger partial charge in [0.15, 0.2) is 0 Å². The molecule has 0 amide bonds. The monoisotopic (exact) mass is 393 g/mol. The van der Waals surface area contributed by atoms with Crippen LogP contribution in [0.1, 0.15) is 18.1 Å². The van der Waals surface area contributed by atoms with Gasteiger partial charge in [0.2, 0.25) is 0 Å². The summed E-state index contributed by atoms with van der Waals surface area (Å²) in [5.74, 6) is -0.585. The third-order valence-corrected chi connectivity index (χ3v) is 4.96. The van der Waals surface area contributed by atoms with Gasteiger partial charge in [0.05, 0.1) is 9.82 Å². The Morgan fingerprint density at radius 3 is 2.22 bits per heavy atom. The smallest absolute Gasteiger partial charge is 0.302 e. The number of nitro benzene ring substituents is 1. The Bertz CT molecular complexity index is 906. The zero-order valence-corrected chi connectivity index (χ0v) is 15.6. The molecule has 0 aromatic heterocycles. The van der Waals surface area contributed by atoms with E-state index in [9.17, 15) is 23.3 Å². The lowest BCUT2D eigenvalue weighted by Gasteiger charge is -2.17. The minimum Gasteiger partial charge on any atom is -0.460 e. The first-order valence-electron chi connectivity index (χ1n) is 8.04. The normalized spacial score (nSPS) is 12.4. The first kappa shape index (κ1) is 20.5. The van der Waals surface area contributed by atoms with Crippen LogP contribution in [0.5, 0.6) is 0 Å². The van der Waals surface area contributed by atoms with Crippen molar-refractivity contribution < 1.29 is 27.1 Å². The fourth-order valence-corrected chi connectivity index (χ4v) is 3.26. The van der Waals surface area contributed by atoms with Gasteiger partial charge < -0.3 is 4.74 Å². The van der Waals surface area contributed by atoms with Gasteiger partial charge >= 0.3 is 5.97 Å². The fourth-order valence-electron chi connectivity index (χ4n) is 2.32. The van der Waals surface area contributed by atoms with E-state index in [-0.39, 0.29) is 23.6 Å². The number of hydrogen-bond donors (Lipinski definition) is 0. The molecule has 0 fully saturated rings. The molecule has 144 valence electrons. The van der Waals surface area contributed by atoms with Gasteiger partial charge in [-0.3, -0.25) is 19.1 Å². The fraction of sp³-hybridized carbons (Fsp3) is 0.278. The van der Waals surface area contributed by atoms with E-state index in [1.807, 2.05) is 6.92 Å². The second-order valence-corrected chi connectivity index (χ2v) is 7.53. The molecule has 0 aliphatic carbocycles. The highest BCUT2D eigenvalue weighted by Crippen LogP contribution is 2.17. The topological polar surface area (TPSA) is 113 Å². The van der Waals surface area contributed by atoms with Crippen LogP contribution in [0.3, 0.4) is 0 Å². The average Bonchev–Trinajstić information content (AvgIpc) is 2.60. The predicted octanol–water partition coefficient (Wildman–Crippen LogP) is 2.78. The van der Waals surface area contributed by atoms with Gasteiger partial charge in [-0.15, -0.1) is 0 Å². The summed E-state index contributed by atoms with van der Waals surface area (Å²) in [6, 6.07) is 11.8. The highest BCUT2D eigenvalue weighted by molar-refractivity contribution is 7.86. The number of nitro groups is 1. The van der Waals surface area contributed by atoms with Crippen LogP contribution < -0.4 is 0 Å². The first-order chi connectivity index (χ1) is 12.7. The molecule has 27 heavy (non-hydrogen) atoms. The minimum atomic E-state index is -4.00. The van der Waals surface area contributed by atoms with Crippen molar-refractivity contribution in [1.82, 2.24) is 0 Å². The van der Waals surface area contributed by atoms with Crippen molar-refractivity contribution in [2.75, 3.05) is 6.61 Å². The Labute approximate surface area is 157 Å². The largest absolute Gasteiger partial charge is 0.460 e. The quantitative estimate of drug-likeness (QED) is 0.293. The summed E-state index contributed by atoms with van der Waals surface area (Å²) in [6.07, 6.45) is -0.703. The minimum absolute atomic E-state index is 0.00464. The van der Waals surface area contributed by atoms with Crippen LogP contribution in [-0.4, -0.2) is 32.0 Å². The number of esters is 1. The lowest BCUT2D eigenvalue weighted by Crippen LogP contribution is -2.26. The average molecular weight is 393 g/mol. The molecule has 0 heterocycles. The van der Waals surface area contributed by atoms with Crippen LogP contribution >= 0.6 is 0 Å². The third kappa shape index (κ3) is 6.15. The Morgan fingerprint density at radius 1 is 1.11 bits per heavy atom. The summed E-state index contributed by atoms with van der Waals surface area (Å²) in [4.78, 5) is 21.5. The summed E-state index contributed by atoms with van der Waals surface area (Å²) < 4.78 is 34.7. The summed E-state index contributed by atoms with van der Waals surface area (Å²) in [6.45, 7) is 2.67. The number of carbonyl (C=O) groups excluding carboxylic acids is 1. The molecule has 0 N–H and O–H groups in total. The number of hydrogen-bond acceptors (Lipinski definition) is 7. The molecule has 0 aliphatic heterocycles. The Hall–Kier alpha value is -2.78. The Balaban J connectivity index is 2.08. The Morgan fingerprint density at radius 2 is 1.70 bits per heavy atom. The molecule has 9 heteroatoms. The molecule has 0 saturated heterocycles. The van der Waals surface area contributed by atoms with E-state index < -0.39 is 27.1 Å². The van der Waals surface area contributed by atoms with Gasteiger partial charge in [-0.25, -0.2) is 0 Å². The van der Waals surface area contributed by atoms with Crippen molar-refractivity contribution in [1.29, 1.82) is 0 Å². The van der Waals surface area contributed by atoms with Crippen molar-refractivity contribution >= 4 is 21.8 Å². The van der Waals surface area contributed by atoms with Crippen molar-refractivity contribution in [2.24, 2.45) is 0 Å². The molecule has 1 unspecified atom stereocenters. The number of ether oxygens (including phenoxy) is 1. The summed E-state index contributed by atoms with van der Waals surface area (Å²) >= 11 is 0. The third-order valence-electron chi connectivity index (χ3n) is 3.66. The highest BCUT2D eigenvalue weighted by Gasteiger charge is 2.21. The molecule has 0 radical (unpaired) electrons. The van der Waals surface area contributed by atoms with Crippen LogP contribution in [0, 0.1) is 17.0 Å². The molecule has 0 bridgehead atoms. The zero-order chi connectivity index (χ0) is 20.0. The molecule has 0 saturated carbocycles. The van der Waals surface area contributed by atoms with Crippen LogP contribution in [0.2, 0.25) is 0 Å². The maximum atomic E-state index is 12.3. The van der Waals surface area contributed by atoms with Crippen LogP contribution in [0.25, 0.3) is 0 Å². The predicted molar refractivity (Wildman–Crippen MR) is 96.7 cm³/mol. The maximum absolute atomic E-state index is 12.3. The van der Waals surface area contributed by atoms with Gasteiger partial charge in [-0.1, -0.05) is 29.8 Å². The second-order valence-electron chi connectivity index (χ2n) is 5.91. The molecule has 2 aromatic rings. The van der Waals surface area contributed by atoms with Crippen LogP contribution in [-0.2, 0) is 30.3 Å². The van der Waals surface area contributed by atoms with Crippen molar-refractivity contribution in [3.05, 3.63) is 69.8 Å².